The molecule has 1 rings (SSSR count). The second-order valence-corrected chi connectivity index (χ2v) is 5.63. The lowest BCUT2D eigenvalue weighted by molar-refractivity contribution is -0.121. The Labute approximate surface area is 106 Å². The Balaban J connectivity index is 2.95. The van der Waals surface area contributed by atoms with Gasteiger partial charge in [-0.05, 0) is 18.9 Å². The van der Waals surface area contributed by atoms with E-state index in [-0.39, 0.29) is 11.2 Å². The maximum atomic E-state index is 12.4. The fourth-order valence-corrected chi connectivity index (χ4v) is 3.34. The quantitative estimate of drug-likeness (QED) is 0.677. The van der Waals surface area contributed by atoms with Crippen molar-refractivity contribution >= 4 is 29.3 Å². The van der Waals surface area contributed by atoms with E-state index in [9.17, 15) is 4.79 Å². The van der Waals surface area contributed by atoms with Crippen molar-refractivity contribution in [2.24, 2.45) is 5.41 Å². The zero-order chi connectivity index (χ0) is 12.0. The van der Waals surface area contributed by atoms with Crippen molar-refractivity contribution in [2.75, 3.05) is 24.0 Å². The molecule has 0 spiro atoms. The van der Waals surface area contributed by atoms with E-state index in [1.165, 1.54) is 0 Å². The van der Waals surface area contributed by atoms with Gasteiger partial charge in [-0.15, -0.1) is 6.58 Å². The number of hydrogen-bond acceptors (Lipinski definition) is 3. The van der Waals surface area contributed by atoms with Crippen molar-refractivity contribution in [1.29, 1.82) is 0 Å². The predicted octanol–water partition coefficient (Wildman–Crippen LogP) is 3.34. The minimum Gasteiger partial charge on any atom is -0.293 e. The fraction of sp³-hybridized carbons (Fsp3) is 0.462. The van der Waals surface area contributed by atoms with E-state index in [2.05, 4.69) is 6.58 Å². The SMILES string of the molecule is C=CCC1(CSC)C=CC=C(CSC)C1=O. The molecule has 0 aliphatic heterocycles. The van der Waals surface area contributed by atoms with Crippen LogP contribution in [0.5, 0.6) is 0 Å². The van der Waals surface area contributed by atoms with Gasteiger partial charge in [0.25, 0.3) is 0 Å². The number of Topliss-reactive ketones (excluding diaryl/α,β-unsaturated/α-hetero) is 1. The van der Waals surface area contributed by atoms with Crippen LogP contribution in [-0.4, -0.2) is 29.8 Å². The summed E-state index contributed by atoms with van der Waals surface area (Å²) in [6, 6.07) is 0. The monoisotopic (exact) mass is 254 g/mol. The van der Waals surface area contributed by atoms with Crippen molar-refractivity contribution in [1.82, 2.24) is 0 Å². The third-order valence-corrected chi connectivity index (χ3v) is 4.07. The van der Waals surface area contributed by atoms with E-state index in [4.69, 9.17) is 0 Å². The van der Waals surface area contributed by atoms with Gasteiger partial charge in [0.1, 0.15) is 0 Å². The van der Waals surface area contributed by atoms with Crippen LogP contribution in [-0.2, 0) is 4.79 Å². The maximum Gasteiger partial charge on any atom is 0.170 e. The molecule has 1 atom stereocenters. The highest BCUT2D eigenvalue weighted by Crippen LogP contribution is 2.35. The van der Waals surface area contributed by atoms with Crippen LogP contribution < -0.4 is 0 Å². The van der Waals surface area contributed by atoms with Gasteiger partial charge in [0.15, 0.2) is 5.78 Å². The molecule has 16 heavy (non-hydrogen) atoms. The molecule has 0 saturated heterocycles. The molecule has 0 bridgehead atoms. The van der Waals surface area contributed by atoms with Gasteiger partial charge < -0.3 is 0 Å². The summed E-state index contributed by atoms with van der Waals surface area (Å²) < 4.78 is 0. The van der Waals surface area contributed by atoms with Crippen LogP contribution in [0.15, 0.2) is 36.5 Å². The highest BCUT2D eigenvalue weighted by Gasteiger charge is 2.37. The normalized spacial score (nSPS) is 24.4. The van der Waals surface area contributed by atoms with Crippen molar-refractivity contribution in [2.45, 2.75) is 6.42 Å². The van der Waals surface area contributed by atoms with Crippen LogP contribution in [0.1, 0.15) is 6.42 Å². The summed E-state index contributed by atoms with van der Waals surface area (Å²) >= 11 is 3.41. The third kappa shape index (κ3) is 2.83. The molecular weight excluding hydrogens is 236 g/mol. The molecule has 0 N–H and O–H groups in total. The predicted molar refractivity (Wildman–Crippen MR) is 76.2 cm³/mol. The second-order valence-electron chi connectivity index (χ2n) is 3.90. The van der Waals surface area contributed by atoms with E-state index >= 15 is 0 Å². The van der Waals surface area contributed by atoms with Gasteiger partial charge in [-0.2, -0.15) is 23.5 Å². The van der Waals surface area contributed by atoms with Gasteiger partial charge in [-0.3, -0.25) is 4.79 Å². The van der Waals surface area contributed by atoms with Crippen LogP contribution >= 0.6 is 23.5 Å². The number of hydrogen-bond donors (Lipinski definition) is 0. The minimum absolute atomic E-state index is 0.276. The molecule has 0 heterocycles. The maximum absolute atomic E-state index is 12.4. The molecule has 1 unspecified atom stereocenters. The summed E-state index contributed by atoms with van der Waals surface area (Å²) in [6.07, 6.45) is 12.6. The van der Waals surface area contributed by atoms with E-state index in [1.54, 1.807) is 23.5 Å². The molecule has 0 aromatic carbocycles. The smallest absolute Gasteiger partial charge is 0.170 e. The average Bonchev–Trinajstić information content (AvgIpc) is 2.26. The summed E-state index contributed by atoms with van der Waals surface area (Å²) in [5, 5.41) is 0. The molecule has 0 fully saturated rings. The lowest BCUT2D eigenvalue weighted by Gasteiger charge is -2.30. The van der Waals surface area contributed by atoms with Gasteiger partial charge in [0.05, 0.1) is 5.41 Å². The summed E-state index contributed by atoms with van der Waals surface area (Å²) in [6.45, 7) is 3.77. The van der Waals surface area contributed by atoms with E-state index < -0.39 is 0 Å². The molecule has 88 valence electrons. The first-order valence-corrected chi connectivity index (χ1v) is 8.01. The number of allylic oxidation sites excluding steroid dienone is 4. The first-order chi connectivity index (χ1) is 7.70. The highest BCUT2D eigenvalue weighted by atomic mass is 32.2. The van der Waals surface area contributed by atoms with Crippen molar-refractivity contribution in [3.63, 3.8) is 0 Å². The largest absolute Gasteiger partial charge is 0.293 e. The molecule has 1 nitrogen and oxygen atoms in total. The molecule has 1 aliphatic rings. The zero-order valence-corrected chi connectivity index (χ0v) is 11.5. The lowest BCUT2D eigenvalue weighted by atomic mass is 9.76. The second kappa shape index (κ2) is 6.36. The average molecular weight is 254 g/mol. The van der Waals surface area contributed by atoms with E-state index in [1.807, 2.05) is 36.8 Å². The van der Waals surface area contributed by atoms with Crippen molar-refractivity contribution in [3.05, 3.63) is 36.5 Å². The molecule has 3 heteroatoms. The first-order valence-electron chi connectivity index (χ1n) is 5.22. The Morgan fingerprint density at radius 3 is 2.75 bits per heavy atom. The van der Waals surface area contributed by atoms with Crippen LogP contribution in [0.2, 0.25) is 0 Å². The Morgan fingerprint density at radius 2 is 2.19 bits per heavy atom. The van der Waals surface area contributed by atoms with Gasteiger partial charge in [0, 0.05) is 17.1 Å². The van der Waals surface area contributed by atoms with Gasteiger partial charge in [-0.25, -0.2) is 0 Å². The topological polar surface area (TPSA) is 17.1 Å². The van der Waals surface area contributed by atoms with Crippen LogP contribution in [0, 0.1) is 5.41 Å². The number of carbonyl (C=O) groups excluding carboxylic acids is 1. The molecule has 0 radical (unpaired) electrons. The summed E-state index contributed by atoms with van der Waals surface area (Å²) in [5.74, 6) is 1.91. The van der Waals surface area contributed by atoms with Gasteiger partial charge in [0.2, 0.25) is 0 Å². The molecule has 0 saturated carbocycles. The number of carbonyl (C=O) groups is 1. The molecule has 0 aromatic rings. The first kappa shape index (κ1) is 13.7. The van der Waals surface area contributed by atoms with Gasteiger partial charge in [-0.1, -0.05) is 24.3 Å². The van der Waals surface area contributed by atoms with Crippen molar-refractivity contribution in [3.8, 4) is 0 Å². The zero-order valence-electron chi connectivity index (χ0n) is 9.86. The lowest BCUT2D eigenvalue weighted by Crippen LogP contribution is -2.34. The number of ketones is 1. The summed E-state index contributed by atoms with van der Waals surface area (Å²) in [4.78, 5) is 12.4. The van der Waals surface area contributed by atoms with E-state index in [0.717, 1.165) is 23.5 Å². The van der Waals surface area contributed by atoms with Gasteiger partial charge >= 0.3 is 0 Å². The number of thioether (sulfide) groups is 2. The molecule has 1 aliphatic carbocycles. The summed E-state index contributed by atoms with van der Waals surface area (Å²) in [7, 11) is 0. The molecular formula is C13H18OS2. The van der Waals surface area contributed by atoms with Crippen LogP contribution in [0.3, 0.4) is 0 Å². The number of rotatable bonds is 6. The molecule has 0 aromatic heterocycles. The highest BCUT2D eigenvalue weighted by molar-refractivity contribution is 7.99. The standard InChI is InChI=1S/C13H18OS2/c1-4-7-13(10-16-3)8-5-6-11(9-15-2)12(13)14/h4-6,8H,1,7,9-10H2,2-3H3. The Bertz CT molecular complexity index is 331. The fourth-order valence-electron chi connectivity index (χ4n) is 1.94. The van der Waals surface area contributed by atoms with E-state index in [0.29, 0.717) is 0 Å². The third-order valence-electron chi connectivity index (χ3n) is 2.67. The Kier molecular flexibility index (Phi) is 5.42. The Hall–Kier alpha value is -0.410. The molecule has 0 amide bonds. The van der Waals surface area contributed by atoms with Crippen molar-refractivity contribution < 1.29 is 4.79 Å². The Morgan fingerprint density at radius 1 is 1.44 bits per heavy atom. The summed E-state index contributed by atoms with van der Waals surface area (Å²) in [5.41, 5.74) is 0.590. The minimum atomic E-state index is -0.346. The van der Waals surface area contributed by atoms with Crippen LogP contribution in [0.25, 0.3) is 0 Å². The van der Waals surface area contributed by atoms with Crippen LogP contribution in [0.4, 0.5) is 0 Å².